The van der Waals surface area contributed by atoms with Crippen molar-refractivity contribution in [3.63, 3.8) is 0 Å². The van der Waals surface area contributed by atoms with E-state index in [2.05, 4.69) is 19.2 Å². The number of nitrogens with one attached hydrogen (secondary N) is 1. The molecule has 1 saturated heterocycles. The molecule has 0 aliphatic carbocycles. The number of carbonyl (C=O) groups is 2. The zero-order chi connectivity index (χ0) is 15.3. The van der Waals surface area contributed by atoms with Crippen LogP contribution in [0.5, 0.6) is 0 Å². The number of aliphatic carboxylic acids is 1. The molecular weight excluding hydrogens is 267 g/mol. The number of carbonyl (C=O) groups excluding carboxylic acids is 1. The molecule has 1 atom stereocenters. The van der Waals surface area contributed by atoms with Crippen LogP contribution in [-0.2, 0) is 14.3 Å². The summed E-state index contributed by atoms with van der Waals surface area (Å²) in [6.07, 6.45) is -4.20. The van der Waals surface area contributed by atoms with Crippen LogP contribution < -0.4 is 5.32 Å². The molecule has 0 radical (unpaired) electrons. The Morgan fingerprint density at radius 1 is 1.42 bits per heavy atom. The summed E-state index contributed by atoms with van der Waals surface area (Å²) >= 11 is 0. The van der Waals surface area contributed by atoms with Gasteiger partial charge in [0.1, 0.15) is 6.04 Å². The van der Waals surface area contributed by atoms with Gasteiger partial charge in [-0.15, -0.1) is 0 Å². The molecule has 1 fully saturated rings. The summed E-state index contributed by atoms with van der Waals surface area (Å²) in [7, 11) is 0. The smallest absolute Gasteiger partial charge is 0.475 e. The third-order valence-corrected chi connectivity index (χ3v) is 2.40. The van der Waals surface area contributed by atoms with Crippen LogP contribution in [0.25, 0.3) is 0 Å². The quantitative estimate of drug-likeness (QED) is 0.753. The molecule has 1 aliphatic rings. The zero-order valence-corrected chi connectivity index (χ0v) is 11.0. The lowest BCUT2D eigenvalue weighted by Gasteiger charge is -2.14. The van der Waals surface area contributed by atoms with E-state index in [1.165, 1.54) is 0 Å². The van der Waals surface area contributed by atoms with E-state index in [0.29, 0.717) is 6.61 Å². The lowest BCUT2D eigenvalue weighted by molar-refractivity contribution is -0.192. The Labute approximate surface area is 109 Å². The van der Waals surface area contributed by atoms with Gasteiger partial charge in [-0.25, -0.2) is 4.79 Å². The number of esters is 1. The van der Waals surface area contributed by atoms with E-state index >= 15 is 0 Å². The van der Waals surface area contributed by atoms with Crippen LogP contribution in [-0.4, -0.2) is 42.4 Å². The molecule has 5 nitrogen and oxygen atoms in total. The van der Waals surface area contributed by atoms with Crippen molar-refractivity contribution >= 4 is 11.9 Å². The Kier molecular flexibility index (Phi) is 6.28. The number of hydrogen-bond acceptors (Lipinski definition) is 4. The predicted octanol–water partition coefficient (Wildman–Crippen LogP) is 1.57. The summed E-state index contributed by atoms with van der Waals surface area (Å²) in [5, 5.41) is 10.3. The molecule has 1 aliphatic heterocycles. The monoisotopic (exact) mass is 285 g/mol. The first kappa shape index (κ1) is 17.7. The van der Waals surface area contributed by atoms with Gasteiger partial charge in [-0.1, -0.05) is 13.8 Å². The highest BCUT2D eigenvalue weighted by molar-refractivity contribution is 5.76. The molecule has 8 heteroatoms. The standard InChI is InChI=1S/C9H17NO2.C2HF3O2/c1-4-12-8(11)7-5-9(2,3)6-10-7;3-2(4,5)1(6)7/h7,10H,4-6H2,1-3H3;(H,6,7)/t7-;/m1./s1. The third kappa shape index (κ3) is 7.00. The van der Waals surface area contributed by atoms with Crippen LogP contribution in [0.3, 0.4) is 0 Å². The van der Waals surface area contributed by atoms with Crippen molar-refractivity contribution in [2.75, 3.05) is 13.2 Å². The molecule has 0 aromatic heterocycles. The lowest BCUT2D eigenvalue weighted by atomic mass is 9.91. The number of hydrogen-bond donors (Lipinski definition) is 2. The fraction of sp³-hybridized carbons (Fsp3) is 0.818. The van der Waals surface area contributed by atoms with Crippen LogP contribution in [0.15, 0.2) is 0 Å². The summed E-state index contributed by atoms with van der Waals surface area (Å²) in [5.41, 5.74) is 0.234. The Morgan fingerprint density at radius 2 is 1.89 bits per heavy atom. The summed E-state index contributed by atoms with van der Waals surface area (Å²) in [6, 6.07) is -0.0834. The Bertz CT molecular complexity index is 328. The fourth-order valence-electron chi connectivity index (χ4n) is 1.51. The molecule has 1 rings (SSSR count). The topological polar surface area (TPSA) is 75.6 Å². The van der Waals surface area contributed by atoms with Gasteiger partial charge in [0.25, 0.3) is 0 Å². The normalized spacial score (nSPS) is 21.3. The maximum Gasteiger partial charge on any atom is 0.490 e. The first-order valence-corrected chi connectivity index (χ1v) is 5.69. The largest absolute Gasteiger partial charge is 0.490 e. The minimum Gasteiger partial charge on any atom is -0.475 e. The average Bonchev–Trinajstić information content (AvgIpc) is 2.59. The first-order chi connectivity index (χ1) is 8.49. The molecule has 19 heavy (non-hydrogen) atoms. The second kappa shape index (κ2) is 6.74. The van der Waals surface area contributed by atoms with Crippen molar-refractivity contribution in [1.82, 2.24) is 5.32 Å². The number of halogens is 3. The lowest BCUT2D eigenvalue weighted by Crippen LogP contribution is -2.32. The molecule has 0 saturated carbocycles. The number of alkyl halides is 3. The zero-order valence-electron chi connectivity index (χ0n) is 11.0. The van der Waals surface area contributed by atoms with Crippen molar-refractivity contribution in [2.45, 2.75) is 39.4 Å². The third-order valence-electron chi connectivity index (χ3n) is 2.40. The van der Waals surface area contributed by atoms with Gasteiger partial charge in [-0.2, -0.15) is 13.2 Å². The van der Waals surface area contributed by atoms with E-state index in [1.54, 1.807) is 0 Å². The van der Waals surface area contributed by atoms with Crippen molar-refractivity contribution in [1.29, 1.82) is 0 Å². The van der Waals surface area contributed by atoms with Crippen molar-refractivity contribution in [3.05, 3.63) is 0 Å². The fourth-order valence-corrected chi connectivity index (χ4v) is 1.51. The highest BCUT2D eigenvalue weighted by Gasteiger charge is 2.38. The van der Waals surface area contributed by atoms with Crippen LogP contribution in [0.1, 0.15) is 27.2 Å². The van der Waals surface area contributed by atoms with Gasteiger partial charge >= 0.3 is 18.1 Å². The second-order valence-corrected chi connectivity index (χ2v) is 4.86. The van der Waals surface area contributed by atoms with Crippen molar-refractivity contribution in [2.24, 2.45) is 5.41 Å². The highest BCUT2D eigenvalue weighted by atomic mass is 19.4. The van der Waals surface area contributed by atoms with Gasteiger partial charge in [0, 0.05) is 6.54 Å². The summed E-state index contributed by atoms with van der Waals surface area (Å²) < 4.78 is 36.7. The van der Waals surface area contributed by atoms with E-state index in [0.717, 1.165) is 13.0 Å². The molecule has 0 aromatic rings. The van der Waals surface area contributed by atoms with E-state index in [9.17, 15) is 18.0 Å². The van der Waals surface area contributed by atoms with E-state index < -0.39 is 12.1 Å². The van der Waals surface area contributed by atoms with Crippen LogP contribution >= 0.6 is 0 Å². The summed E-state index contributed by atoms with van der Waals surface area (Å²) in [5.74, 6) is -2.87. The molecule has 112 valence electrons. The number of carboxylic acids is 1. The SMILES string of the molecule is CCOC(=O)[C@H]1CC(C)(C)CN1.O=C(O)C(F)(F)F. The molecule has 2 N–H and O–H groups in total. The van der Waals surface area contributed by atoms with Gasteiger partial charge in [-0.05, 0) is 18.8 Å². The summed E-state index contributed by atoms with van der Waals surface area (Å²) in [4.78, 5) is 20.1. The van der Waals surface area contributed by atoms with E-state index in [1.807, 2.05) is 6.92 Å². The van der Waals surface area contributed by atoms with Crippen LogP contribution in [0.4, 0.5) is 13.2 Å². The predicted molar refractivity (Wildman–Crippen MR) is 60.5 cm³/mol. The van der Waals surface area contributed by atoms with Crippen molar-refractivity contribution < 1.29 is 32.6 Å². The minimum atomic E-state index is -5.08. The van der Waals surface area contributed by atoms with E-state index in [4.69, 9.17) is 14.6 Å². The Morgan fingerprint density at radius 3 is 2.16 bits per heavy atom. The van der Waals surface area contributed by atoms with Gasteiger partial charge < -0.3 is 15.2 Å². The Balaban J connectivity index is 0.000000399. The average molecular weight is 285 g/mol. The number of ether oxygens (including phenoxy) is 1. The molecule has 1 heterocycles. The van der Waals surface area contributed by atoms with E-state index in [-0.39, 0.29) is 17.4 Å². The molecule has 0 amide bonds. The van der Waals surface area contributed by atoms with Crippen LogP contribution in [0, 0.1) is 5.41 Å². The summed E-state index contributed by atoms with van der Waals surface area (Å²) in [6.45, 7) is 7.50. The molecule has 0 spiro atoms. The van der Waals surface area contributed by atoms with Gasteiger partial charge in [0.05, 0.1) is 6.61 Å². The number of rotatable bonds is 2. The second-order valence-electron chi connectivity index (χ2n) is 4.86. The maximum absolute atomic E-state index is 11.2. The van der Waals surface area contributed by atoms with Crippen molar-refractivity contribution in [3.8, 4) is 0 Å². The van der Waals surface area contributed by atoms with Crippen LogP contribution in [0.2, 0.25) is 0 Å². The Hall–Kier alpha value is -1.31. The highest BCUT2D eigenvalue weighted by Crippen LogP contribution is 2.27. The molecular formula is C11H18F3NO4. The minimum absolute atomic E-state index is 0.0834. The van der Waals surface area contributed by atoms with Gasteiger partial charge in [0.15, 0.2) is 0 Å². The maximum atomic E-state index is 11.2. The number of carboxylic acid groups (broad SMARTS) is 1. The molecule has 0 aromatic carbocycles. The molecule has 0 bridgehead atoms. The van der Waals surface area contributed by atoms with Gasteiger partial charge in [-0.3, -0.25) is 4.79 Å². The molecule has 0 unspecified atom stereocenters. The first-order valence-electron chi connectivity index (χ1n) is 5.69. The van der Waals surface area contributed by atoms with Gasteiger partial charge in [0.2, 0.25) is 0 Å².